The third-order valence-corrected chi connectivity index (χ3v) is 4.39. The van der Waals surface area contributed by atoms with Crippen molar-refractivity contribution in [3.63, 3.8) is 0 Å². The maximum absolute atomic E-state index is 9.09. The SMILES string of the molecule is CCCC12CCCCC1=Nc1ccc(C#N)cc12. The molecule has 0 saturated heterocycles. The van der Waals surface area contributed by atoms with E-state index >= 15 is 0 Å². The van der Waals surface area contributed by atoms with Gasteiger partial charge in [-0.25, -0.2) is 0 Å². The van der Waals surface area contributed by atoms with Crippen LogP contribution in [-0.4, -0.2) is 5.71 Å². The van der Waals surface area contributed by atoms with Crippen molar-refractivity contribution in [1.29, 1.82) is 5.26 Å². The van der Waals surface area contributed by atoms with Crippen LogP contribution in [0.25, 0.3) is 0 Å². The summed E-state index contributed by atoms with van der Waals surface area (Å²) in [6.07, 6.45) is 7.25. The molecule has 1 fully saturated rings. The minimum Gasteiger partial charge on any atom is -0.257 e. The van der Waals surface area contributed by atoms with Crippen molar-refractivity contribution >= 4 is 11.4 Å². The standard InChI is InChI=1S/C16H18N2/c1-2-8-16-9-4-3-5-15(16)18-14-7-6-12(11-17)10-13(14)16/h6-7,10H,2-5,8-9H2,1H3. The molecule has 0 aromatic heterocycles. The van der Waals surface area contributed by atoms with E-state index in [9.17, 15) is 0 Å². The molecule has 1 saturated carbocycles. The number of aliphatic imine (C=N–C) groups is 1. The lowest BCUT2D eigenvalue weighted by Crippen LogP contribution is -2.36. The van der Waals surface area contributed by atoms with E-state index in [-0.39, 0.29) is 5.41 Å². The number of nitrogens with zero attached hydrogens (tertiary/aromatic N) is 2. The van der Waals surface area contributed by atoms with E-state index in [0.29, 0.717) is 0 Å². The summed E-state index contributed by atoms with van der Waals surface area (Å²) in [5.41, 5.74) is 4.74. The van der Waals surface area contributed by atoms with Crippen LogP contribution in [0.4, 0.5) is 5.69 Å². The van der Waals surface area contributed by atoms with E-state index in [4.69, 9.17) is 10.3 Å². The highest BCUT2D eigenvalue weighted by molar-refractivity contribution is 6.02. The molecule has 0 spiro atoms. The Hall–Kier alpha value is -1.62. The zero-order valence-corrected chi connectivity index (χ0v) is 10.9. The molecule has 0 amide bonds. The van der Waals surface area contributed by atoms with E-state index in [2.05, 4.69) is 19.1 Å². The highest BCUT2D eigenvalue weighted by atomic mass is 14.8. The Balaban J connectivity index is 2.14. The molecule has 18 heavy (non-hydrogen) atoms. The monoisotopic (exact) mass is 238 g/mol. The molecule has 92 valence electrons. The second-order valence-electron chi connectivity index (χ2n) is 5.44. The van der Waals surface area contributed by atoms with Crippen LogP contribution in [0.15, 0.2) is 23.2 Å². The molecule has 0 N–H and O–H groups in total. The van der Waals surface area contributed by atoms with Crippen molar-refractivity contribution in [2.24, 2.45) is 4.99 Å². The number of hydrogen-bond donors (Lipinski definition) is 0. The molecule has 1 aliphatic carbocycles. The third-order valence-electron chi connectivity index (χ3n) is 4.39. The molecule has 1 aliphatic heterocycles. The first kappa shape index (κ1) is 11.5. The fourth-order valence-electron chi connectivity index (χ4n) is 3.62. The Bertz CT molecular complexity index is 547. The van der Waals surface area contributed by atoms with Crippen molar-refractivity contribution in [3.8, 4) is 6.07 Å². The molecule has 2 heteroatoms. The number of rotatable bonds is 2. The summed E-state index contributed by atoms with van der Waals surface area (Å²) in [4.78, 5) is 4.85. The maximum atomic E-state index is 9.09. The molecule has 2 nitrogen and oxygen atoms in total. The van der Waals surface area contributed by atoms with Gasteiger partial charge in [0.15, 0.2) is 0 Å². The molecular formula is C16H18N2. The average molecular weight is 238 g/mol. The Kier molecular flexibility index (Phi) is 2.70. The fraction of sp³-hybridized carbons (Fsp3) is 0.500. The summed E-state index contributed by atoms with van der Waals surface area (Å²) >= 11 is 0. The van der Waals surface area contributed by atoms with Gasteiger partial charge in [-0.2, -0.15) is 5.26 Å². The van der Waals surface area contributed by atoms with E-state index in [0.717, 1.165) is 17.7 Å². The van der Waals surface area contributed by atoms with Crippen molar-refractivity contribution < 1.29 is 0 Å². The summed E-state index contributed by atoms with van der Waals surface area (Å²) in [6.45, 7) is 2.24. The summed E-state index contributed by atoms with van der Waals surface area (Å²) in [5.74, 6) is 0. The zero-order chi connectivity index (χ0) is 12.6. The fourth-order valence-corrected chi connectivity index (χ4v) is 3.62. The Morgan fingerprint density at radius 3 is 3.06 bits per heavy atom. The second kappa shape index (κ2) is 4.24. The van der Waals surface area contributed by atoms with Gasteiger partial charge < -0.3 is 0 Å². The van der Waals surface area contributed by atoms with Crippen LogP contribution >= 0.6 is 0 Å². The zero-order valence-electron chi connectivity index (χ0n) is 10.9. The molecular weight excluding hydrogens is 220 g/mol. The van der Waals surface area contributed by atoms with Gasteiger partial charge in [0, 0.05) is 11.1 Å². The molecule has 0 radical (unpaired) electrons. The molecule has 3 rings (SSSR count). The smallest absolute Gasteiger partial charge is 0.0991 e. The largest absolute Gasteiger partial charge is 0.257 e. The molecule has 1 atom stereocenters. The van der Waals surface area contributed by atoms with Crippen LogP contribution in [0.5, 0.6) is 0 Å². The van der Waals surface area contributed by atoms with E-state index in [1.807, 2.05) is 12.1 Å². The minimum atomic E-state index is 0.162. The Morgan fingerprint density at radius 1 is 1.39 bits per heavy atom. The lowest BCUT2D eigenvalue weighted by Gasteiger charge is -2.35. The number of hydrogen-bond acceptors (Lipinski definition) is 2. The maximum Gasteiger partial charge on any atom is 0.0991 e. The van der Waals surface area contributed by atoms with Gasteiger partial charge >= 0.3 is 0 Å². The van der Waals surface area contributed by atoms with Crippen LogP contribution in [0.1, 0.15) is 56.6 Å². The summed E-state index contributed by atoms with van der Waals surface area (Å²) in [6, 6.07) is 8.25. The Morgan fingerprint density at radius 2 is 2.28 bits per heavy atom. The number of nitriles is 1. The second-order valence-corrected chi connectivity index (χ2v) is 5.44. The van der Waals surface area contributed by atoms with Crippen molar-refractivity contribution in [1.82, 2.24) is 0 Å². The first-order chi connectivity index (χ1) is 8.80. The Labute approximate surface area is 108 Å². The topological polar surface area (TPSA) is 36.1 Å². The van der Waals surface area contributed by atoms with Gasteiger partial charge in [-0.15, -0.1) is 0 Å². The minimum absolute atomic E-state index is 0.162. The van der Waals surface area contributed by atoms with Crippen molar-refractivity contribution in [2.45, 2.75) is 50.9 Å². The summed E-state index contributed by atoms with van der Waals surface area (Å²) in [5, 5.41) is 9.09. The molecule has 1 aromatic carbocycles. The van der Waals surface area contributed by atoms with Crippen molar-refractivity contribution in [2.75, 3.05) is 0 Å². The number of benzene rings is 1. The van der Waals surface area contributed by atoms with Gasteiger partial charge in [0.05, 0.1) is 17.3 Å². The van der Waals surface area contributed by atoms with Crippen molar-refractivity contribution in [3.05, 3.63) is 29.3 Å². The summed E-state index contributed by atoms with van der Waals surface area (Å²) in [7, 11) is 0. The molecule has 0 bridgehead atoms. The van der Waals surface area contributed by atoms with Crippen LogP contribution in [0, 0.1) is 11.3 Å². The van der Waals surface area contributed by atoms with Gasteiger partial charge in [0.25, 0.3) is 0 Å². The normalized spacial score (nSPS) is 25.0. The van der Waals surface area contributed by atoms with Gasteiger partial charge in [-0.05, 0) is 49.4 Å². The molecule has 1 aromatic rings. The molecule has 1 heterocycles. The van der Waals surface area contributed by atoms with E-state index in [1.54, 1.807) is 0 Å². The highest BCUT2D eigenvalue weighted by Crippen LogP contribution is 2.50. The number of fused-ring (bicyclic) bond motifs is 3. The van der Waals surface area contributed by atoms with Crippen LogP contribution < -0.4 is 0 Å². The van der Waals surface area contributed by atoms with Gasteiger partial charge in [0.2, 0.25) is 0 Å². The predicted octanol–water partition coefficient (Wildman–Crippen LogP) is 4.26. The first-order valence-corrected chi connectivity index (χ1v) is 6.93. The van der Waals surface area contributed by atoms with Gasteiger partial charge in [0.1, 0.15) is 0 Å². The first-order valence-electron chi connectivity index (χ1n) is 6.93. The lowest BCUT2D eigenvalue weighted by molar-refractivity contribution is 0.430. The van der Waals surface area contributed by atoms with Crippen LogP contribution in [-0.2, 0) is 5.41 Å². The van der Waals surface area contributed by atoms with E-state index in [1.165, 1.54) is 43.4 Å². The van der Waals surface area contributed by atoms with Gasteiger partial charge in [-0.1, -0.05) is 19.8 Å². The van der Waals surface area contributed by atoms with E-state index < -0.39 is 0 Å². The highest BCUT2D eigenvalue weighted by Gasteiger charge is 2.43. The quantitative estimate of drug-likeness (QED) is 0.758. The van der Waals surface area contributed by atoms with Crippen LogP contribution in [0.2, 0.25) is 0 Å². The average Bonchev–Trinajstić information content (AvgIpc) is 2.72. The third kappa shape index (κ3) is 1.50. The predicted molar refractivity (Wildman–Crippen MR) is 73.3 cm³/mol. The van der Waals surface area contributed by atoms with Gasteiger partial charge in [-0.3, -0.25) is 4.99 Å². The summed E-state index contributed by atoms with van der Waals surface area (Å²) < 4.78 is 0. The lowest BCUT2D eigenvalue weighted by atomic mass is 9.66. The molecule has 2 aliphatic rings. The van der Waals surface area contributed by atoms with Crippen LogP contribution in [0.3, 0.4) is 0 Å². The molecule has 1 unspecified atom stereocenters.